The predicted molar refractivity (Wildman–Crippen MR) is 64.2 cm³/mol. The number of ketones is 1. The molecule has 82 valence electrons. The number of Topliss-reactive ketones (excluding diaryl/α,β-unsaturated/α-hetero) is 1. The van der Waals surface area contributed by atoms with Crippen molar-refractivity contribution < 1.29 is 4.79 Å². The van der Waals surface area contributed by atoms with Crippen LogP contribution in [0, 0.1) is 41.9 Å². The molecule has 1 N–H and O–H groups in total. The van der Waals surface area contributed by atoms with E-state index in [1.165, 1.54) is 12.8 Å². The van der Waals surface area contributed by atoms with E-state index in [4.69, 9.17) is 12.8 Å². The zero-order valence-electron chi connectivity index (χ0n) is 9.68. The third-order valence-corrected chi connectivity index (χ3v) is 3.47. The Morgan fingerprint density at radius 3 is 1.88 bits per heavy atom. The molecule has 0 radical (unpaired) electrons. The first-order valence-electron chi connectivity index (χ1n) is 5.20. The van der Waals surface area contributed by atoms with Crippen LogP contribution in [-0.2, 0) is 4.79 Å². The van der Waals surface area contributed by atoms with E-state index in [2.05, 4.69) is 29.0 Å². The number of hydrogen-bond acceptors (Lipinski definition) is 2. The minimum absolute atomic E-state index is 0.0903. The Hall–Kier alpha value is -1.69. The summed E-state index contributed by atoms with van der Waals surface area (Å²) < 4.78 is 0. The molecule has 2 nitrogen and oxygen atoms in total. The van der Waals surface area contributed by atoms with Crippen LogP contribution in [0.15, 0.2) is 0 Å². The van der Waals surface area contributed by atoms with Gasteiger partial charge in [0.2, 0.25) is 0 Å². The zero-order chi connectivity index (χ0) is 12.2. The van der Waals surface area contributed by atoms with Crippen molar-refractivity contribution in [2.45, 2.75) is 31.7 Å². The number of likely N-dealkylation sites (N-methyl/N-ethyl adjacent to an activating group) is 1. The van der Waals surface area contributed by atoms with Gasteiger partial charge in [0.25, 0.3) is 0 Å². The van der Waals surface area contributed by atoms with Gasteiger partial charge in [-0.25, -0.2) is 0 Å². The van der Waals surface area contributed by atoms with Gasteiger partial charge in [-0.1, -0.05) is 0 Å². The van der Waals surface area contributed by atoms with Gasteiger partial charge >= 0.3 is 0 Å². The first-order valence-corrected chi connectivity index (χ1v) is 5.20. The van der Waals surface area contributed by atoms with Crippen molar-refractivity contribution in [2.24, 2.45) is 5.41 Å². The molecule has 0 aromatic carbocycles. The second kappa shape index (κ2) is 4.44. The van der Waals surface area contributed by atoms with Crippen LogP contribution in [-0.4, -0.2) is 18.4 Å². The van der Waals surface area contributed by atoms with E-state index in [0.29, 0.717) is 11.2 Å². The van der Waals surface area contributed by atoms with Crippen molar-refractivity contribution in [1.29, 1.82) is 0 Å². The van der Waals surface area contributed by atoms with Crippen LogP contribution in [0.2, 0.25) is 0 Å². The Morgan fingerprint density at radius 1 is 1.25 bits per heavy atom. The Morgan fingerprint density at radius 2 is 1.75 bits per heavy atom. The lowest BCUT2D eigenvalue weighted by Crippen LogP contribution is -2.37. The zero-order valence-corrected chi connectivity index (χ0v) is 9.68. The van der Waals surface area contributed by atoms with Gasteiger partial charge < -0.3 is 5.32 Å². The fourth-order valence-corrected chi connectivity index (χ4v) is 2.32. The summed E-state index contributed by atoms with van der Waals surface area (Å²) in [5.74, 6) is 8.94. The molecule has 2 heteroatoms. The average molecular weight is 213 g/mol. The minimum atomic E-state index is -0.0903. The first kappa shape index (κ1) is 12.4. The SMILES string of the molecule is C#CC#CC#C.CN[C@]1(C(C)=O)CC12CC2. The maximum atomic E-state index is 11.2. The molecule has 0 aromatic rings. The van der Waals surface area contributed by atoms with Gasteiger partial charge in [0.05, 0.1) is 5.54 Å². The van der Waals surface area contributed by atoms with Crippen LogP contribution >= 0.6 is 0 Å². The lowest BCUT2D eigenvalue weighted by Gasteiger charge is -2.10. The highest BCUT2D eigenvalue weighted by Gasteiger charge is 2.75. The molecule has 0 aliphatic heterocycles. The van der Waals surface area contributed by atoms with E-state index in [1.54, 1.807) is 6.92 Å². The summed E-state index contributed by atoms with van der Waals surface area (Å²) in [5.41, 5.74) is 0.334. The number of nitrogens with one attached hydrogen (secondary N) is 1. The molecular weight excluding hydrogens is 198 g/mol. The van der Waals surface area contributed by atoms with Crippen molar-refractivity contribution in [3.8, 4) is 36.5 Å². The fourth-order valence-electron chi connectivity index (χ4n) is 2.32. The summed E-state index contributed by atoms with van der Waals surface area (Å²) in [4.78, 5) is 11.2. The smallest absolute Gasteiger partial charge is 0.150 e. The van der Waals surface area contributed by atoms with Crippen LogP contribution in [0.5, 0.6) is 0 Å². The molecule has 0 unspecified atom stereocenters. The van der Waals surface area contributed by atoms with Crippen molar-refractivity contribution in [1.82, 2.24) is 5.32 Å². The monoisotopic (exact) mass is 213 g/mol. The molecule has 2 aliphatic rings. The van der Waals surface area contributed by atoms with Gasteiger partial charge in [-0.05, 0) is 62.3 Å². The Labute approximate surface area is 97.2 Å². The highest BCUT2D eigenvalue weighted by atomic mass is 16.1. The van der Waals surface area contributed by atoms with E-state index >= 15 is 0 Å². The molecule has 2 fully saturated rings. The van der Waals surface area contributed by atoms with Crippen molar-refractivity contribution >= 4 is 5.78 Å². The molecule has 16 heavy (non-hydrogen) atoms. The van der Waals surface area contributed by atoms with E-state index in [0.717, 1.165) is 6.42 Å². The Bertz CT molecular complexity index is 416. The third kappa shape index (κ3) is 1.96. The summed E-state index contributed by atoms with van der Waals surface area (Å²) in [6.07, 6.45) is 13.0. The van der Waals surface area contributed by atoms with Gasteiger partial charge in [0.15, 0.2) is 0 Å². The van der Waals surface area contributed by atoms with Gasteiger partial charge in [-0.3, -0.25) is 4.79 Å². The molecule has 2 aliphatic carbocycles. The van der Waals surface area contributed by atoms with Gasteiger partial charge in [-0.2, -0.15) is 0 Å². The largest absolute Gasteiger partial charge is 0.308 e. The third-order valence-electron chi connectivity index (χ3n) is 3.47. The fraction of sp³-hybridized carbons (Fsp3) is 0.500. The quantitative estimate of drug-likeness (QED) is 0.693. The molecule has 2 rings (SSSR count). The molecule has 0 aromatic heterocycles. The first-order chi connectivity index (χ1) is 7.58. The van der Waals surface area contributed by atoms with Gasteiger partial charge in [-0.15, -0.1) is 12.8 Å². The van der Waals surface area contributed by atoms with Crippen molar-refractivity contribution in [3.63, 3.8) is 0 Å². The van der Waals surface area contributed by atoms with Crippen LogP contribution < -0.4 is 5.32 Å². The number of hydrogen-bond donors (Lipinski definition) is 1. The number of terminal acetylenes is 2. The maximum absolute atomic E-state index is 11.2. The summed E-state index contributed by atoms with van der Waals surface area (Å²) in [6.45, 7) is 1.70. The molecule has 0 saturated heterocycles. The lowest BCUT2D eigenvalue weighted by molar-refractivity contribution is -0.120. The minimum Gasteiger partial charge on any atom is -0.308 e. The van der Waals surface area contributed by atoms with Crippen LogP contribution in [0.25, 0.3) is 0 Å². The van der Waals surface area contributed by atoms with Crippen molar-refractivity contribution in [2.75, 3.05) is 7.05 Å². The van der Waals surface area contributed by atoms with Crippen LogP contribution in [0.3, 0.4) is 0 Å². The van der Waals surface area contributed by atoms with Gasteiger partial charge in [0, 0.05) is 0 Å². The standard InChI is InChI=1S/C8H13NO.C6H2/c1-6(10)8(9-2)5-7(8)3-4-7;1-3-5-6-4-2/h9H,3-5H2,1-2H3;1-2H/t8-;/m0./s1. The number of carbonyl (C=O) groups excluding carboxylic acids is 1. The maximum Gasteiger partial charge on any atom is 0.150 e. The Kier molecular flexibility index (Phi) is 3.44. The summed E-state index contributed by atoms with van der Waals surface area (Å²) in [5, 5.41) is 3.16. The summed E-state index contributed by atoms with van der Waals surface area (Å²) in [6, 6.07) is 0. The van der Waals surface area contributed by atoms with E-state index in [-0.39, 0.29) is 5.54 Å². The second-order valence-corrected chi connectivity index (χ2v) is 4.21. The predicted octanol–water partition coefficient (Wildman–Crippen LogP) is 0.974. The van der Waals surface area contributed by atoms with Crippen LogP contribution in [0.4, 0.5) is 0 Å². The van der Waals surface area contributed by atoms with E-state index in [1.807, 2.05) is 7.05 Å². The van der Waals surface area contributed by atoms with Gasteiger partial charge in [0.1, 0.15) is 5.78 Å². The highest BCUT2D eigenvalue weighted by Crippen LogP contribution is 2.73. The topological polar surface area (TPSA) is 29.1 Å². The summed E-state index contributed by atoms with van der Waals surface area (Å²) in [7, 11) is 1.90. The molecule has 0 bridgehead atoms. The molecular formula is C14H15NO. The molecule has 0 amide bonds. The molecule has 2 saturated carbocycles. The number of rotatable bonds is 2. The highest BCUT2D eigenvalue weighted by molar-refractivity contribution is 5.92. The summed E-state index contributed by atoms with van der Waals surface area (Å²) >= 11 is 0. The average Bonchev–Trinajstić information content (AvgIpc) is 3.17. The van der Waals surface area contributed by atoms with Crippen LogP contribution in [0.1, 0.15) is 26.2 Å². The molecule has 1 atom stereocenters. The van der Waals surface area contributed by atoms with E-state index < -0.39 is 0 Å². The number of carbonyl (C=O) groups is 1. The van der Waals surface area contributed by atoms with Crippen molar-refractivity contribution in [3.05, 3.63) is 0 Å². The lowest BCUT2D eigenvalue weighted by atomic mass is 10.1. The second-order valence-electron chi connectivity index (χ2n) is 4.21. The van der Waals surface area contributed by atoms with E-state index in [9.17, 15) is 4.79 Å². The normalized spacial score (nSPS) is 26.0. The molecule has 1 spiro atoms. The Balaban J connectivity index is 0.000000187. The molecule has 0 heterocycles.